The number of halogens is 1. The normalized spacial score (nSPS) is 13.5. The van der Waals surface area contributed by atoms with Crippen LogP contribution in [0.4, 0.5) is 0 Å². The maximum absolute atomic E-state index is 12.3. The van der Waals surface area contributed by atoms with Gasteiger partial charge in [0.1, 0.15) is 5.75 Å². The van der Waals surface area contributed by atoms with Gasteiger partial charge < -0.3 is 15.4 Å². The summed E-state index contributed by atoms with van der Waals surface area (Å²) in [5.41, 5.74) is 5.22. The minimum Gasteiger partial charge on any atom is -0.494 e. The fourth-order valence-electron chi connectivity index (χ4n) is 2.44. The Labute approximate surface area is 157 Å². The molecule has 1 unspecified atom stereocenters. The number of nitrogens with two attached hydrogens (primary N) is 1. The Kier molecular flexibility index (Phi) is 9.47. The number of carbonyl (C=O) groups excluding carboxylic acids is 1. The minimum atomic E-state index is -3.20. The summed E-state index contributed by atoms with van der Waals surface area (Å²) in [7, 11) is -1.46. The summed E-state index contributed by atoms with van der Waals surface area (Å²) < 4.78 is 28.3. The van der Waals surface area contributed by atoms with Crippen LogP contribution in [0.15, 0.2) is 29.2 Å². The van der Waals surface area contributed by atoms with Gasteiger partial charge in [0.25, 0.3) is 0 Å². The zero-order chi connectivity index (χ0) is 18.4. The Bertz CT molecular complexity index is 645. The summed E-state index contributed by atoms with van der Waals surface area (Å²) in [5.74, 6) is 0.535. The van der Waals surface area contributed by atoms with Gasteiger partial charge in [-0.1, -0.05) is 13.3 Å². The second-order valence-corrected chi connectivity index (χ2v) is 8.36. The molecule has 1 aromatic carbocycles. The number of benzene rings is 1. The average molecular weight is 393 g/mol. The van der Waals surface area contributed by atoms with E-state index in [9.17, 15) is 13.2 Å². The highest BCUT2D eigenvalue weighted by atomic mass is 35.5. The van der Waals surface area contributed by atoms with Crippen molar-refractivity contribution in [2.45, 2.75) is 43.5 Å². The molecule has 1 atom stereocenters. The van der Waals surface area contributed by atoms with E-state index < -0.39 is 15.4 Å². The summed E-state index contributed by atoms with van der Waals surface area (Å²) in [6, 6.07) is 6.29. The van der Waals surface area contributed by atoms with Crippen LogP contribution in [0, 0.1) is 0 Å². The lowest BCUT2D eigenvalue weighted by molar-refractivity contribution is -0.135. The fraction of sp³-hybridized carbons (Fsp3) is 0.588. The van der Waals surface area contributed by atoms with Crippen LogP contribution < -0.4 is 10.5 Å². The third-order valence-electron chi connectivity index (χ3n) is 3.76. The van der Waals surface area contributed by atoms with Gasteiger partial charge in [-0.15, -0.1) is 12.4 Å². The fourth-order valence-corrected chi connectivity index (χ4v) is 3.07. The first-order chi connectivity index (χ1) is 11.1. The van der Waals surface area contributed by atoms with Crippen LogP contribution in [-0.4, -0.2) is 51.2 Å². The number of likely N-dealkylation sites (N-methyl/N-ethyl adjacent to an activating group) is 1. The van der Waals surface area contributed by atoms with Crippen molar-refractivity contribution in [1.82, 2.24) is 4.90 Å². The Balaban J connectivity index is 0.00000576. The number of hydrogen-bond donors (Lipinski definition) is 1. The molecule has 25 heavy (non-hydrogen) atoms. The van der Waals surface area contributed by atoms with Crippen LogP contribution in [-0.2, 0) is 14.6 Å². The molecule has 0 heterocycles. The van der Waals surface area contributed by atoms with Gasteiger partial charge in [0.05, 0.1) is 17.0 Å². The predicted molar refractivity (Wildman–Crippen MR) is 102 cm³/mol. The number of sulfone groups is 1. The summed E-state index contributed by atoms with van der Waals surface area (Å²) >= 11 is 0. The van der Waals surface area contributed by atoms with Crippen LogP contribution in [0.25, 0.3) is 0 Å². The lowest BCUT2D eigenvalue weighted by Crippen LogP contribution is -2.52. The lowest BCUT2D eigenvalue weighted by atomic mass is 9.96. The molecule has 6 nitrogen and oxygen atoms in total. The Morgan fingerprint density at radius 3 is 2.32 bits per heavy atom. The van der Waals surface area contributed by atoms with Gasteiger partial charge in [0, 0.05) is 19.8 Å². The molecule has 0 aliphatic rings. The summed E-state index contributed by atoms with van der Waals surface area (Å²) in [6.07, 6.45) is 3.34. The van der Waals surface area contributed by atoms with E-state index in [-0.39, 0.29) is 23.2 Å². The molecule has 0 spiro atoms. The highest BCUT2D eigenvalue weighted by Gasteiger charge is 2.29. The molecule has 0 saturated heterocycles. The number of rotatable bonds is 9. The lowest BCUT2D eigenvalue weighted by Gasteiger charge is -2.29. The molecule has 0 aromatic heterocycles. The van der Waals surface area contributed by atoms with Crippen molar-refractivity contribution in [2.24, 2.45) is 5.73 Å². The van der Waals surface area contributed by atoms with Crippen molar-refractivity contribution in [1.29, 1.82) is 0 Å². The molecule has 1 rings (SSSR count). The smallest absolute Gasteiger partial charge is 0.242 e. The molecular formula is C17H29ClN2O4S. The average Bonchev–Trinajstić information content (AvgIpc) is 2.50. The molecule has 0 aliphatic heterocycles. The van der Waals surface area contributed by atoms with E-state index in [1.54, 1.807) is 31.0 Å². The van der Waals surface area contributed by atoms with Gasteiger partial charge >= 0.3 is 0 Å². The van der Waals surface area contributed by atoms with E-state index >= 15 is 0 Å². The second kappa shape index (κ2) is 9.99. The minimum absolute atomic E-state index is 0. The summed E-state index contributed by atoms with van der Waals surface area (Å²) in [6.45, 7) is 4.75. The van der Waals surface area contributed by atoms with Crippen molar-refractivity contribution in [3.63, 3.8) is 0 Å². The molecular weight excluding hydrogens is 364 g/mol. The van der Waals surface area contributed by atoms with Gasteiger partial charge in [-0.05, 0) is 44.0 Å². The standard InChI is InChI=1S/C17H28N2O4S.ClH/c1-5-11-17(2,18)16(20)19(3)12-6-13-23-14-7-9-15(10-8-14)24(4,21)22;/h7-10H,5-6,11-13,18H2,1-4H3;1H. The van der Waals surface area contributed by atoms with Gasteiger partial charge in [0.2, 0.25) is 5.91 Å². The molecule has 1 aromatic rings. The molecule has 0 radical (unpaired) electrons. The van der Waals surface area contributed by atoms with E-state index in [0.717, 1.165) is 6.42 Å². The quantitative estimate of drug-likeness (QED) is 0.651. The zero-order valence-corrected chi connectivity index (χ0v) is 17.0. The SMILES string of the molecule is CCCC(C)(N)C(=O)N(C)CCCOc1ccc(S(C)(=O)=O)cc1.Cl. The van der Waals surface area contributed by atoms with Crippen LogP contribution in [0.2, 0.25) is 0 Å². The van der Waals surface area contributed by atoms with Crippen molar-refractivity contribution in [2.75, 3.05) is 26.5 Å². The number of nitrogens with zero attached hydrogens (tertiary/aromatic N) is 1. The van der Waals surface area contributed by atoms with E-state index in [1.165, 1.54) is 18.4 Å². The van der Waals surface area contributed by atoms with E-state index in [1.807, 2.05) is 6.92 Å². The van der Waals surface area contributed by atoms with Gasteiger partial charge in [0.15, 0.2) is 9.84 Å². The van der Waals surface area contributed by atoms with E-state index in [0.29, 0.717) is 31.7 Å². The Hall–Kier alpha value is -1.31. The molecule has 2 N–H and O–H groups in total. The highest BCUT2D eigenvalue weighted by Crippen LogP contribution is 2.16. The number of amides is 1. The third kappa shape index (κ3) is 7.63. The monoisotopic (exact) mass is 392 g/mol. The van der Waals surface area contributed by atoms with Crippen LogP contribution >= 0.6 is 12.4 Å². The van der Waals surface area contributed by atoms with Crippen molar-refractivity contribution in [3.8, 4) is 5.75 Å². The van der Waals surface area contributed by atoms with Crippen molar-refractivity contribution >= 4 is 28.2 Å². The first-order valence-electron chi connectivity index (χ1n) is 8.05. The van der Waals surface area contributed by atoms with Gasteiger partial charge in [-0.2, -0.15) is 0 Å². The number of hydrogen-bond acceptors (Lipinski definition) is 5. The maximum atomic E-state index is 12.3. The van der Waals surface area contributed by atoms with Gasteiger partial charge in [-0.25, -0.2) is 8.42 Å². The molecule has 0 bridgehead atoms. The molecule has 0 saturated carbocycles. The van der Waals surface area contributed by atoms with Crippen molar-refractivity contribution in [3.05, 3.63) is 24.3 Å². The van der Waals surface area contributed by atoms with Gasteiger partial charge in [-0.3, -0.25) is 4.79 Å². The Morgan fingerprint density at radius 2 is 1.84 bits per heavy atom. The topological polar surface area (TPSA) is 89.7 Å². The van der Waals surface area contributed by atoms with Crippen LogP contribution in [0.1, 0.15) is 33.1 Å². The molecule has 1 amide bonds. The molecule has 8 heteroatoms. The third-order valence-corrected chi connectivity index (χ3v) is 4.89. The first-order valence-corrected chi connectivity index (χ1v) is 9.94. The first kappa shape index (κ1) is 23.7. The van der Waals surface area contributed by atoms with Crippen molar-refractivity contribution < 1.29 is 17.9 Å². The zero-order valence-electron chi connectivity index (χ0n) is 15.3. The second-order valence-electron chi connectivity index (χ2n) is 6.34. The summed E-state index contributed by atoms with van der Waals surface area (Å²) in [5, 5.41) is 0. The molecule has 0 aliphatic carbocycles. The largest absolute Gasteiger partial charge is 0.494 e. The van der Waals surface area contributed by atoms with E-state index in [4.69, 9.17) is 10.5 Å². The van der Waals surface area contributed by atoms with E-state index in [2.05, 4.69) is 0 Å². The predicted octanol–water partition coefficient (Wildman–Crippen LogP) is 2.26. The van der Waals surface area contributed by atoms with Crippen LogP contribution in [0.5, 0.6) is 5.75 Å². The summed E-state index contributed by atoms with van der Waals surface area (Å²) in [4.78, 5) is 14.1. The number of ether oxygens (including phenoxy) is 1. The highest BCUT2D eigenvalue weighted by molar-refractivity contribution is 7.90. The molecule has 0 fully saturated rings. The Morgan fingerprint density at radius 1 is 1.28 bits per heavy atom. The molecule has 144 valence electrons. The number of carbonyl (C=O) groups is 1. The van der Waals surface area contributed by atoms with Crippen LogP contribution in [0.3, 0.4) is 0 Å². The maximum Gasteiger partial charge on any atom is 0.242 e.